The number of ether oxygens (including phenoxy) is 1. The lowest BCUT2D eigenvalue weighted by molar-refractivity contribution is -0.137. The number of hydrogen-bond acceptors (Lipinski definition) is 3. The molecule has 1 aliphatic heterocycles. The van der Waals surface area contributed by atoms with Gasteiger partial charge in [0.1, 0.15) is 12.4 Å². The van der Waals surface area contributed by atoms with Crippen LogP contribution < -0.4 is 0 Å². The van der Waals surface area contributed by atoms with E-state index in [1.165, 1.54) is 0 Å². The number of aromatic nitrogens is 2. The zero-order valence-electron chi connectivity index (χ0n) is 11.6. The van der Waals surface area contributed by atoms with Gasteiger partial charge in [-0.1, -0.05) is 6.92 Å². The first kappa shape index (κ1) is 14.1. The summed E-state index contributed by atoms with van der Waals surface area (Å²) in [6.45, 7) is 4.64. The van der Waals surface area contributed by atoms with Gasteiger partial charge in [-0.3, -0.25) is 4.79 Å². The molecule has 0 aromatic carbocycles. The Balaban J connectivity index is 1.68. The molecule has 0 saturated carbocycles. The minimum Gasteiger partial charge on any atom is -0.372 e. The molecule has 5 heteroatoms. The van der Waals surface area contributed by atoms with E-state index in [1.54, 1.807) is 6.20 Å². The Bertz CT molecular complexity index is 370. The molecule has 1 fully saturated rings. The molecular weight excluding hydrogens is 242 g/mol. The van der Waals surface area contributed by atoms with Crippen molar-refractivity contribution in [2.24, 2.45) is 5.92 Å². The summed E-state index contributed by atoms with van der Waals surface area (Å²) in [7, 11) is 0. The van der Waals surface area contributed by atoms with E-state index >= 15 is 0 Å². The maximum Gasteiger partial charge on any atom is 0.248 e. The van der Waals surface area contributed by atoms with E-state index in [1.807, 2.05) is 18.0 Å². The minimum absolute atomic E-state index is 0.130. The van der Waals surface area contributed by atoms with Gasteiger partial charge in [0.25, 0.3) is 0 Å². The summed E-state index contributed by atoms with van der Waals surface area (Å²) in [6, 6.07) is 0. The van der Waals surface area contributed by atoms with E-state index in [0.29, 0.717) is 12.5 Å². The number of aromatic amines is 1. The fraction of sp³-hybridized carbons (Fsp3) is 0.714. The lowest BCUT2D eigenvalue weighted by Crippen LogP contribution is -2.40. The Morgan fingerprint density at radius 2 is 2.32 bits per heavy atom. The van der Waals surface area contributed by atoms with Crippen LogP contribution in [0.15, 0.2) is 12.4 Å². The van der Waals surface area contributed by atoms with Gasteiger partial charge in [-0.25, -0.2) is 4.98 Å². The molecule has 1 aromatic heterocycles. The smallest absolute Gasteiger partial charge is 0.248 e. The Morgan fingerprint density at radius 1 is 1.53 bits per heavy atom. The monoisotopic (exact) mass is 265 g/mol. The molecule has 0 spiro atoms. The normalized spacial score (nSPS) is 16.8. The quantitative estimate of drug-likeness (QED) is 0.795. The van der Waals surface area contributed by atoms with Gasteiger partial charge >= 0.3 is 0 Å². The highest BCUT2D eigenvalue weighted by Gasteiger charge is 2.23. The summed E-state index contributed by atoms with van der Waals surface area (Å²) in [4.78, 5) is 21.2. The highest BCUT2D eigenvalue weighted by Crippen LogP contribution is 2.20. The second kappa shape index (κ2) is 7.28. The molecule has 106 valence electrons. The number of likely N-dealkylation sites (tertiary alicyclic amines) is 1. The van der Waals surface area contributed by atoms with Crippen molar-refractivity contribution in [2.45, 2.75) is 32.6 Å². The van der Waals surface area contributed by atoms with Crippen LogP contribution in [0, 0.1) is 5.92 Å². The predicted octanol–water partition coefficient (Wildman–Crippen LogP) is 1.62. The topological polar surface area (TPSA) is 58.2 Å². The summed E-state index contributed by atoms with van der Waals surface area (Å²) in [5.41, 5.74) is 0. The summed E-state index contributed by atoms with van der Waals surface area (Å²) in [5, 5.41) is 0. The van der Waals surface area contributed by atoms with E-state index in [-0.39, 0.29) is 12.5 Å². The van der Waals surface area contributed by atoms with Gasteiger partial charge in [-0.15, -0.1) is 0 Å². The number of piperidine rings is 1. The van der Waals surface area contributed by atoms with Crippen LogP contribution in [-0.2, 0) is 16.0 Å². The zero-order chi connectivity index (χ0) is 13.5. The highest BCUT2D eigenvalue weighted by molar-refractivity contribution is 5.77. The van der Waals surface area contributed by atoms with E-state index in [0.717, 1.165) is 44.6 Å². The number of amides is 1. The fourth-order valence-electron chi connectivity index (χ4n) is 2.46. The van der Waals surface area contributed by atoms with Crippen LogP contribution in [0.1, 0.15) is 32.0 Å². The first-order chi connectivity index (χ1) is 9.29. The zero-order valence-corrected chi connectivity index (χ0v) is 11.6. The van der Waals surface area contributed by atoms with E-state index in [2.05, 4.69) is 9.97 Å². The van der Waals surface area contributed by atoms with Gasteiger partial charge < -0.3 is 14.6 Å². The maximum absolute atomic E-state index is 11.9. The minimum atomic E-state index is 0.130. The number of H-pyrrole nitrogens is 1. The number of carbonyl (C=O) groups is 1. The molecule has 1 aromatic rings. The summed E-state index contributed by atoms with van der Waals surface area (Å²) >= 11 is 0. The van der Waals surface area contributed by atoms with E-state index in [9.17, 15) is 4.79 Å². The Hall–Kier alpha value is -1.36. The van der Waals surface area contributed by atoms with Crippen molar-refractivity contribution in [2.75, 3.05) is 26.3 Å². The second-order valence-corrected chi connectivity index (χ2v) is 5.12. The number of hydrogen-bond donors (Lipinski definition) is 1. The third kappa shape index (κ3) is 4.35. The van der Waals surface area contributed by atoms with Crippen LogP contribution in [0.4, 0.5) is 0 Å². The highest BCUT2D eigenvalue weighted by atomic mass is 16.5. The van der Waals surface area contributed by atoms with Gasteiger partial charge in [-0.05, 0) is 25.2 Å². The van der Waals surface area contributed by atoms with Crippen molar-refractivity contribution in [3.63, 3.8) is 0 Å². The van der Waals surface area contributed by atoms with Gasteiger partial charge in [0.2, 0.25) is 5.91 Å². The van der Waals surface area contributed by atoms with Crippen LogP contribution in [0.5, 0.6) is 0 Å². The Morgan fingerprint density at radius 3 is 2.95 bits per heavy atom. The molecule has 1 saturated heterocycles. The molecule has 1 amide bonds. The van der Waals surface area contributed by atoms with Gasteiger partial charge in [0.05, 0.1) is 0 Å². The van der Waals surface area contributed by atoms with Gasteiger partial charge in [0.15, 0.2) is 0 Å². The van der Waals surface area contributed by atoms with Crippen molar-refractivity contribution >= 4 is 5.91 Å². The van der Waals surface area contributed by atoms with Crippen LogP contribution >= 0.6 is 0 Å². The number of rotatable bonds is 6. The molecular formula is C14H23N3O2. The molecule has 0 unspecified atom stereocenters. The maximum atomic E-state index is 11.9. The summed E-state index contributed by atoms with van der Waals surface area (Å²) < 4.78 is 5.30. The van der Waals surface area contributed by atoms with Crippen molar-refractivity contribution in [1.29, 1.82) is 0 Å². The van der Waals surface area contributed by atoms with Crippen LogP contribution in [0.3, 0.4) is 0 Å². The molecule has 1 aliphatic rings. The number of imidazole rings is 1. The van der Waals surface area contributed by atoms with Crippen molar-refractivity contribution in [3.05, 3.63) is 18.2 Å². The van der Waals surface area contributed by atoms with E-state index in [4.69, 9.17) is 4.74 Å². The molecule has 0 atom stereocenters. The summed E-state index contributed by atoms with van der Waals surface area (Å²) in [6.07, 6.45) is 7.71. The van der Waals surface area contributed by atoms with Gasteiger partial charge in [0, 0.05) is 38.5 Å². The molecule has 19 heavy (non-hydrogen) atoms. The van der Waals surface area contributed by atoms with Crippen molar-refractivity contribution in [3.8, 4) is 0 Å². The van der Waals surface area contributed by atoms with Crippen LogP contribution in [0.25, 0.3) is 0 Å². The fourth-order valence-corrected chi connectivity index (χ4v) is 2.46. The number of carbonyl (C=O) groups excluding carboxylic acids is 1. The molecule has 1 N–H and O–H groups in total. The predicted molar refractivity (Wildman–Crippen MR) is 72.7 cm³/mol. The molecule has 0 bridgehead atoms. The Kier molecular flexibility index (Phi) is 5.39. The standard InChI is InChI=1S/C14H23N3O2/c1-2-9-19-11-14(18)17-7-3-12(4-8-17)10-13-15-5-6-16-13/h5-6,12H,2-4,7-11H2,1H3,(H,15,16). The van der Waals surface area contributed by atoms with E-state index < -0.39 is 0 Å². The molecule has 0 radical (unpaired) electrons. The first-order valence-corrected chi connectivity index (χ1v) is 7.13. The van der Waals surface area contributed by atoms with Crippen LogP contribution in [-0.4, -0.2) is 47.1 Å². The van der Waals surface area contributed by atoms with Crippen molar-refractivity contribution in [1.82, 2.24) is 14.9 Å². The molecule has 0 aliphatic carbocycles. The lowest BCUT2D eigenvalue weighted by atomic mass is 9.93. The third-order valence-corrected chi connectivity index (χ3v) is 3.58. The molecule has 5 nitrogen and oxygen atoms in total. The third-order valence-electron chi connectivity index (χ3n) is 3.58. The average Bonchev–Trinajstić information content (AvgIpc) is 2.93. The molecule has 2 rings (SSSR count). The second-order valence-electron chi connectivity index (χ2n) is 5.12. The Labute approximate surface area is 114 Å². The van der Waals surface area contributed by atoms with Crippen molar-refractivity contribution < 1.29 is 9.53 Å². The first-order valence-electron chi connectivity index (χ1n) is 7.13. The average molecular weight is 265 g/mol. The molecule has 2 heterocycles. The van der Waals surface area contributed by atoms with Gasteiger partial charge in [-0.2, -0.15) is 0 Å². The number of nitrogens with zero attached hydrogens (tertiary/aromatic N) is 2. The largest absolute Gasteiger partial charge is 0.372 e. The number of nitrogens with one attached hydrogen (secondary N) is 1. The lowest BCUT2D eigenvalue weighted by Gasteiger charge is -2.31. The SMILES string of the molecule is CCCOCC(=O)N1CCC(Cc2ncc[nH]2)CC1. The summed E-state index contributed by atoms with van der Waals surface area (Å²) in [5.74, 6) is 1.81. The van der Waals surface area contributed by atoms with Crippen LogP contribution in [0.2, 0.25) is 0 Å².